The molecular formula is C23H21N5O4. The summed E-state index contributed by atoms with van der Waals surface area (Å²) < 4.78 is 10.7. The van der Waals surface area contributed by atoms with Gasteiger partial charge in [0.1, 0.15) is 17.5 Å². The van der Waals surface area contributed by atoms with Gasteiger partial charge in [-0.1, -0.05) is 24.3 Å². The normalized spacial score (nSPS) is 15.1. The first kappa shape index (κ1) is 21.0. The highest BCUT2D eigenvalue weighted by Crippen LogP contribution is 2.27. The van der Waals surface area contributed by atoms with Crippen LogP contribution in [0.15, 0.2) is 78.3 Å². The smallest absolute Gasteiger partial charge is 0.354 e. The van der Waals surface area contributed by atoms with Crippen molar-refractivity contribution in [2.45, 2.75) is 19.4 Å². The van der Waals surface area contributed by atoms with Crippen molar-refractivity contribution in [3.63, 3.8) is 0 Å². The van der Waals surface area contributed by atoms with Gasteiger partial charge in [0.15, 0.2) is 0 Å². The summed E-state index contributed by atoms with van der Waals surface area (Å²) in [5.41, 5.74) is 1.44. The number of ether oxygens (including phenoxy) is 2. The second kappa shape index (κ2) is 9.69. The molecular weight excluding hydrogens is 410 g/mol. The summed E-state index contributed by atoms with van der Waals surface area (Å²) in [4.78, 5) is 33.4. The van der Waals surface area contributed by atoms with Gasteiger partial charge in [0.05, 0.1) is 18.5 Å². The van der Waals surface area contributed by atoms with Gasteiger partial charge in [0.2, 0.25) is 11.8 Å². The Labute approximate surface area is 184 Å². The summed E-state index contributed by atoms with van der Waals surface area (Å²) in [6.07, 6.45) is 4.71. The number of esters is 1. The number of nitrogens with one attached hydrogen (secondary N) is 1. The monoisotopic (exact) mass is 431 g/mol. The fourth-order valence-corrected chi connectivity index (χ4v) is 3.19. The fourth-order valence-electron chi connectivity index (χ4n) is 3.19. The van der Waals surface area contributed by atoms with Crippen LogP contribution in [0.5, 0.6) is 11.6 Å². The zero-order chi connectivity index (χ0) is 22.3. The van der Waals surface area contributed by atoms with Crippen molar-refractivity contribution in [3.8, 4) is 11.6 Å². The van der Waals surface area contributed by atoms with Gasteiger partial charge in [-0.05, 0) is 31.2 Å². The number of amides is 1. The average molecular weight is 431 g/mol. The van der Waals surface area contributed by atoms with E-state index in [1.165, 1.54) is 12.4 Å². The Hall–Kier alpha value is -4.27. The minimum atomic E-state index is -0.707. The van der Waals surface area contributed by atoms with Crippen LogP contribution in [-0.4, -0.2) is 40.2 Å². The summed E-state index contributed by atoms with van der Waals surface area (Å²) in [5, 5.41) is 8.79. The van der Waals surface area contributed by atoms with Crippen LogP contribution in [0.2, 0.25) is 0 Å². The maximum absolute atomic E-state index is 13.2. The molecule has 2 heterocycles. The molecule has 1 amide bonds. The molecule has 0 saturated heterocycles. The molecule has 1 aliphatic rings. The minimum Gasteiger partial charge on any atom is -0.461 e. The van der Waals surface area contributed by atoms with Crippen molar-refractivity contribution in [1.29, 1.82) is 0 Å². The number of carbonyl (C=O) groups is 2. The third-order valence-electron chi connectivity index (χ3n) is 4.61. The topological polar surface area (TPSA) is 106 Å². The SMILES string of the molecule is CCOC(=O)C1=NN(c2ccccc2)C(C(=O)Nc2cccc(Oc3cnccn3)c2)C1. The molecule has 2 aromatic carbocycles. The van der Waals surface area contributed by atoms with Gasteiger partial charge in [-0.2, -0.15) is 5.10 Å². The average Bonchev–Trinajstić information content (AvgIpc) is 3.27. The first-order valence-electron chi connectivity index (χ1n) is 10.1. The molecule has 9 nitrogen and oxygen atoms in total. The molecule has 1 atom stereocenters. The number of hydrazone groups is 1. The molecule has 32 heavy (non-hydrogen) atoms. The number of hydrogen-bond acceptors (Lipinski definition) is 8. The molecule has 0 spiro atoms. The lowest BCUT2D eigenvalue weighted by atomic mass is 10.1. The van der Waals surface area contributed by atoms with Gasteiger partial charge < -0.3 is 14.8 Å². The first-order valence-corrected chi connectivity index (χ1v) is 10.1. The predicted molar refractivity (Wildman–Crippen MR) is 119 cm³/mol. The minimum absolute atomic E-state index is 0.134. The molecule has 1 unspecified atom stereocenters. The van der Waals surface area contributed by atoms with E-state index in [4.69, 9.17) is 9.47 Å². The molecule has 4 rings (SSSR count). The number of hydrogen-bond donors (Lipinski definition) is 1. The molecule has 1 aliphatic heterocycles. The van der Waals surface area contributed by atoms with Crippen LogP contribution in [0.1, 0.15) is 13.3 Å². The number of nitrogens with zero attached hydrogens (tertiary/aromatic N) is 4. The number of para-hydroxylation sites is 1. The lowest BCUT2D eigenvalue weighted by Crippen LogP contribution is -2.38. The Morgan fingerprint density at radius 1 is 1.12 bits per heavy atom. The third-order valence-corrected chi connectivity index (χ3v) is 4.61. The Kier molecular flexibility index (Phi) is 6.35. The first-order chi connectivity index (χ1) is 15.6. The second-order valence-corrected chi connectivity index (χ2v) is 6.83. The molecule has 162 valence electrons. The molecule has 0 aliphatic carbocycles. The Morgan fingerprint density at radius 3 is 2.72 bits per heavy atom. The van der Waals surface area contributed by atoms with E-state index < -0.39 is 12.0 Å². The summed E-state index contributed by atoms with van der Waals surface area (Å²) >= 11 is 0. The summed E-state index contributed by atoms with van der Waals surface area (Å²) in [7, 11) is 0. The maximum Gasteiger partial charge on any atom is 0.354 e. The largest absolute Gasteiger partial charge is 0.461 e. The highest BCUT2D eigenvalue weighted by Gasteiger charge is 2.36. The second-order valence-electron chi connectivity index (χ2n) is 6.83. The molecule has 0 saturated carbocycles. The van der Waals surface area contributed by atoms with Crippen molar-refractivity contribution in [2.24, 2.45) is 5.10 Å². The summed E-state index contributed by atoms with van der Waals surface area (Å²) in [5.74, 6) is 0.00394. The molecule has 3 aromatic rings. The van der Waals surface area contributed by atoms with E-state index in [-0.39, 0.29) is 24.6 Å². The van der Waals surface area contributed by atoms with Crippen LogP contribution in [0.25, 0.3) is 0 Å². The molecule has 0 radical (unpaired) electrons. The van der Waals surface area contributed by atoms with Crippen molar-refractivity contribution in [1.82, 2.24) is 9.97 Å². The van der Waals surface area contributed by atoms with Gasteiger partial charge in [0.25, 0.3) is 0 Å². The van der Waals surface area contributed by atoms with Gasteiger partial charge in [0, 0.05) is 30.6 Å². The molecule has 1 N–H and O–H groups in total. The van der Waals surface area contributed by atoms with E-state index in [2.05, 4.69) is 20.4 Å². The number of anilines is 2. The Bertz CT molecular complexity index is 1120. The highest BCUT2D eigenvalue weighted by atomic mass is 16.5. The van der Waals surface area contributed by atoms with Gasteiger partial charge >= 0.3 is 5.97 Å². The van der Waals surface area contributed by atoms with Crippen molar-refractivity contribution in [3.05, 3.63) is 73.2 Å². The molecule has 0 fully saturated rings. The Balaban J connectivity index is 1.51. The van der Waals surface area contributed by atoms with Crippen LogP contribution < -0.4 is 15.1 Å². The van der Waals surface area contributed by atoms with Crippen molar-refractivity contribution >= 4 is 29.0 Å². The van der Waals surface area contributed by atoms with Crippen molar-refractivity contribution in [2.75, 3.05) is 16.9 Å². The lowest BCUT2D eigenvalue weighted by Gasteiger charge is -2.22. The molecule has 1 aromatic heterocycles. The number of rotatable bonds is 7. The Morgan fingerprint density at radius 2 is 1.97 bits per heavy atom. The van der Waals surface area contributed by atoms with E-state index >= 15 is 0 Å². The quantitative estimate of drug-likeness (QED) is 0.572. The molecule has 0 bridgehead atoms. The zero-order valence-electron chi connectivity index (χ0n) is 17.3. The summed E-state index contributed by atoms with van der Waals surface area (Å²) in [6.45, 7) is 1.96. The van der Waals surface area contributed by atoms with Gasteiger partial charge in [-0.3, -0.25) is 14.8 Å². The van der Waals surface area contributed by atoms with E-state index in [9.17, 15) is 9.59 Å². The predicted octanol–water partition coefficient (Wildman–Crippen LogP) is 3.41. The van der Waals surface area contributed by atoms with E-state index in [0.717, 1.165) is 0 Å². The third kappa shape index (κ3) is 4.89. The fraction of sp³-hybridized carbons (Fsp3) is 0.174. The van der Waals surface area contributed by atoms with Crippen LogP contribution >= 0.6 is 0 Å². The maximum atomic E-state index is 13.2. The molecule has 9 heteroatoms. The highest BCUT2D eigenvalue weighted by molar-refractivity contribution is 6.38. The lowest BCUT2D eigenvalue weighted by molar-refractivity contribution is -0.135. The standard InChI is InChI=1S/C23H21N5O4/c1-2-31-23(30)19-14-20(28(27-19)17-8-4-3-5-9-17)22(29)26-16-7-6-10-18(13-16)32-21-15-24-11-12-25-21/h3-13,15,20H,2,14H2,1H3,(H,26,29). The zero-order valence-corrected chi connectivity index (χ0v) is 17.3. The number of benzene rings is 2. The van der Waals surface area contributed by atoms with Crippen LogP contribution in [0.3, 0.4) is 0 Å². The van der Waals surface area contributed by atoms with E-state index in [0.29, 0.717) is 23.0 Å². The number of carbonyl (C=O) groups excluding carboxylic acids is 2. The van der Waals surface area contributed by atoms with Crippen LogP contribution in [-0.2, 0) is 14.3 Å². The van der Waals surface area contributed by atoms with Crippen molar-refractivity contribution < 1.29 is 19.1 Å². The van der Waals surface area contributed by atoms with Crippen LogP contribution in [0.4, 0.5) is 11.4 Å². The van der Waals surface area contributed by atoms with Gasteiger partial charge in [-0.25, -0.2) is 9.78 Å². The van der Waals surface area contributed by atoms with Crippen LogP contribution in [0, 0.1) is 0 Å². The number of aromatic nitrogens is 2. The summed E-state index contributed by atoms with van der Waals surface area (Å²) in [6, 6.07) is 15.4. The van der Waals surface area contributed by atoms with Gasteiger partial charge in [-0.15, -0.1) is 0 Å². The van der Waals surface area contributed by atoms with E-state index in [1.807, 2.05) is 30.3 Å². The van der Waals surface area contributed by atoms with E-state index in [1.54, 1.807) is 42.4 Å².